The largest absolute Gasteiger partial charge is 0.392 e. The molecule has 170 valence electrons. The summed E-state index contributed by atoms with van der Waals surface area (Å²) < 4.78 is 0. The monoisotopic (exact) mass is 416 g/mol. The first-order chi connectivity index (χ1) is 14.1. The van der Waals surface area contributed by atoms with Gasteiger partial charge in [-0.15, -0.1) is 0 Å². The third-order valence-corrected chi connectivity index (χ3v) is 10.1. The molecule has 0 spiro atoms. The Morgan fingerprint density at radius 3 is 2.43 bits per heavy atom. The van der Waals surface area contributed by atoms with Crippen molar-refractivity contribution in [1.82, 2.24) is 0 Å². The number of aliphatic hydroxyl groups is 2. The van der Waals surface area contributed by atoms with Gasteiger partial charge in [0, 0.05) is 5.41 Å². The van der Waals surface area contributed by atoms with Gasteiger partial charge in [-0.2, -0.15) is 0 Å². The van der Waals surface area contributed by atoms with E-state index in [1.807, 2.05) is 6.08 Å². The van der Waals surface area contributed by atoms with Gasteiger partial charge in [-0.1, -0.05) is 65.5 Å². The Morgan fingerprint density at radius 1 is 1.00 bits per heavy atom. The highest BCUT2D eigenvalue weighted by atomic mass is 16.3. The van der Waals surface area contributed by atoms with Crippen LogP contribution in [0.4, 0.5) is 0 Å². The lowest BCUT2D eigenvalue weighted by Crippen LogP contribution is -2.52. The summed E-state index contributed by atoms with van der Waals surface area (Å²) in [4.78, 5) is 13.4. The van der Waals surface area contributed by atoms with E-state index in [0.29, 0.717) is 12.3 Å². The fourth-order valence-corrected chi connectivity index (χ4v) is 8.27. The van der Waals surface area contributed by atoms with Gasteiger partial charge in [0.2, 0.25) is 0 Å². The normalized spacial score (nSPS) is 46.8. The predicted molar refractivity (Wildman–Crippen MR) is 121 cm³/mol. The van der Waals surface area contributed by atoms with Gasteiger partial charge in [0.25, 0.3) is 0 Å². The molecule has 4 aliphatic rings. The van der Waals surface area contributed by atoms with E-state index < -0.39 is 23.5 Å². The Bertz CT molecular complexity index is 696. The molecule has 0 unspecified atom stereocenters. The highest BCUT2D eigenvalue weighted by molar-refractivity contribution is 5.90. The highest BCUT2D eigenvalue weighted by Crippen LogP contribution is 2.65. The van der Waals surface area contributed by atoms with Crippen LogP contribution >= 0.6 is 0 Å². The third-order valence-electron chi connectivity index (χ3n) is 10.1. The average molecular weight is 417 g/mol. The van der Waals surface area contributed by atoms with E-state index in [1.54, 1.807) is 0 Å². The molecule has 0 radical (unpaired) electrons. The van der Waals surface area contributed by atoms with E-state index in [2.05, 4.69) is 34.6 Å². The molecular formula is C27H44O3. The van der Waals surface area contributed by atoms with Crippen LogP contribution in [0.5, 0.6) is 0 Å². The number of carbonyl (C=O) groups is 1. The maximum absolute atomic E-state index is 13.4. The highest BCUT2D eigenvalue weighted by Gasteiger charge is 2.60. The van der Waals surface area contributed by atoms with Gasteiger partial charge < -0.3 is 10.2 Å². The number of Topliss-reactive ketones (excluding diaryl/α,β-unsaturated/α-hetero) is 1. The lowest BCUT2D eigenvalue weighted by molar-refractivity contribution is -0.149. The number of hydrogen-bond donors (Lipinski definition) is 2. The number of ketones is 1. The van der Waals surface area contributed by atoms with Crippen molar-refractivity contribution in [1.29, 1.82) is 0 Å². The Hall–Kier alpha value is -0.670. The van der Waals surface area contributed by atoms with E-state index in [9.17, 15) is 15.0 Å². The fourth-order valence-electron chi connectivity index (χ4n) is 8.27. The number of aliphatic hydroxyl groups excluding tert-OH is 2. The zero-order valence-electron chi connectivity index (χ0n) is 19.9. The molecule has 3 saturated carbocycles. The molecule has 4 rings (SSSR count). The summed E-state index contributed by atoms with van der Waals surface area (Å²) in [6.07, 6.45) is 10.6. The summed E-state index contributed by atoms with van der Waals surface area (Å²) in [5.41, 5.74) is 1.26. The van der Waals surface area contributed by atoms with Crippen LogP contribution in [0.3, 0.4) is 0 Å². The van der Waals surface area contributed by atoms with Crippen LogP contribution < -0.4 is 0 Å². The predicted octanol–water partition coefficient (Wildman–Crippen LogP) is 5.54. The number of rotatable bonds is 5. The summed E-state index contributed by atoms with van der Waals surface area (Å²) in [6, 6.07) is 0. The van der Waals surface area contributed by atoms with Crippen molar-refractivity contribution in [3.8, 4) is 0 Å². The zero-order chi connectivity index (χ0) is 21.8. The molecule has 0 aromatic carbocycles. The van der Waals surface area contributed by atoms with Crippen molar-refractivity contribution in [3.05, 3.63) is 11.6 Å². The second-order valence-electron chi connectivity index (χ2n) is 12.2. The Labute approximate surface area is 183 Å². The first kappa shape index (κ1) is 22.5. The van der Waals surface area contributed by atoms with Crippen molar-refractivity contribution < 1.29 is 15.0 Å². The maximum atomic E-state index is 13.4. The molecule has 0 amide bonds. The van der Waals surface area contributed by atoms with E-state index in [0.717, 1.165) is 30.6 Å². The van der Waals surface area contributed by atoms with Gasteiger partial charge in [0.15, 0.2) is 0 Å². The van der Waals surface area contributed by atoms with E-state index in [1.165, 1.54) is 44.1 Å². The third kappa shape index (κ3) is 3.43. The Balaban J connectivity index is 1.60. The molecule has 3 fully saturated rings. The minimum Gasteiger partial charge on any atom is -0.392 e. The number of fused-ring (bicyclic) bond motifs is 6. The molecule has 9 atom stereocenters. The van der Waals surface area contributed by atoms with Crippen LogP contribution in [0.2, 0.25) is 0 Å². The van der Waals surface area contributed by atoms with Crippen LogP contribution in [-0.2, 0) is 4.79 Å². The summed E-state index contributed by atoms with van der Waals surface area (Å²) in [6.45, 7) is 11.7. The molecule has 0 aliphatic heterocycles. The smallest absolute Gasteiger partial charge is 0.147 e. The molecule has 4 aliphatic carbocycles. The van der Waals surface area contributed by atoms with Gasteiger partial charge in [-0.05, 0) is 73.5 Å². The van der Waals surface area contributed by atoms with Crippen LogP contribution in [-0.4, -0.2) is 28.2 Å². The first-order valence-electron chi connectivity index (χ1n) is 12.7. The number of carbonyl (C=O) groups excluding carboxylic acids is 1. The second kappa shape index (κ2) is 8.03. The fraction of sp³-hybridized carbons (Fsp3) is 0.889. The molecule has 3 heteroatoms. The molecule has 0 aromatic rings. The SMILES string of the molecule is CC(C)CCC[C@@H](C)[C@H]1CC[C@H]2C3=C[C@H](O)[C@H]4C(=O)[C@](C)(CC[C@@H]4O)[C@H]3CC[C@]12C. The topological polar surface area (TPSA) is 57.5 Å². The summed E-state index contributed by atoms with van der Waals surface area (Å²) in [5.74, 6) is 2.50. The minimum atomic E-state index is -0.822. The summed E-state index contributed by atoms with van der Waals surface area (Å²) in [7, 11) is 0. The molecule has 0 saturated heterocycles. The van der Waals surface area contributed by atoms with Gasteiger partial charge in [-0.25, -0.2) is 0 Å². The summed E-state index contributed by atoms with van der Waals surface area (Å²) in [5, 5.41) is 21.5. The average Bonchev–Trinajstić information content (AvgIpc) is 3.00. The number of hydrogen-bond acceptors (Lipinski definition) is 3. The van der Waals surface area contributed by atoms with Crippen molar-refractivity contribution in [3.63, 3.8) is 0 Å². The Kier molecular flexibility index (Phi) is 6.03. The van der Waals surface area contributed by atoms with Crippen molar-refractivity contribution in [2.45, 2.75) is 105 Å². The van der Waals surface area contributed by atoms with Gasteiger partial charge in [0.05, 0.1) is 18.1 Å². The molecule has 0 heterocycles. The van der Waals surface area contributed by atoms with Gasteiger partial charge in [-0.3, -0.25) is 4.79 Å². The van der Waals surface area contributed by atoms with Crippen molar-refractivity contribution >= 4 is 5.78 Å². The second-order valence-corrected chi connectivity index (χ2v) is 12.2. The van der Waals surface area contributed by atoms with E-state index in [4.69, 9.17) is 0 Å². The van der Waals surface area contributed by atoms with Crippen LogP contribution in [0.15, 0.2) is 11.6 Å². The van der Waals surface area contributed by atoms with Gasteiger partial charge >= 0.3 is 0 Å². The van der Waals surface area contributed by atoms with E-state index in [-0.39, 0.29) is 17.1 Å². The quantitative estimate of drug-likeness (QED) is 0.579. The number of allylic oxidation sites excluding steroid dienone is 1. The van der Waals surface area contributed by atoms with Crippen molar-refractivity contribution in [2.24, 2.45) is 46.3 Å². The van der Waals surface area contributed by atoms with Crippen LogP contribution in [0.25, 0.3) is 0 Å². The minimum absolute atomic E-state index is 0.116. The van der Waals surface area contributed by atoms with Crippen LogP contribution in [0.1, 0.15) is 92.4 Å². The molecule has 2 N–H and O–H groups in total. The molecule has 30 heavy (non-hydrogen) atoms. The van der Waals surface area contributed by atoms with E-state index >= 15 is 0 Å². The molecule has 2 bridgehead atoms. The Morgan fingerprint density at radius 2 is 1.73 bits per heavy atom. The standard InChI is InChI=1S/C27H44O3/c1-16(2)7-6-8-17(3)19-9-10-20-18-15-23(29)24-22(28)12-14-27(5,25(24)30)21(18)11-13-26(19,20)4/h15-17,19-24,28-29H,6-14H2,1-5H3/t17-,19-,20+,21+,22+,23+,24+,26-,27-/m1/s1. The molecule has 0 aromatic heterocycles. The lowest BCUT2D eigenvalue weighted by atomic mass is 9.52. The summed E-state index contributed by atoms with van der Waals surface area (Å²) >= 11 is 0. The van der Waals surface area contributed by atoms with Crippen molar-refractivity contribution in [2.75, 3.05) is 0 Å². The van der Waals surface area contributed by atoms with Crippen LogP contribution in [0, 0.1) is 46.3 Å². The maximum Gasteiger partial charge on any atom is 0.147 e. The molecular weight excluding hydrogens is 372 g/mol. The first-order valence-corrected chi connectivity index (χ1v) is 12.7. The zero-order valence-corrected chi connectivity index (χ0v) is 19.9. The van der Waals surface area contributed by atoms with Gasteiger partial charge in [0.1, 0.15) is 5.78 Å². The molecule has 3 nitrogen and oxygen atoms in total. The lowest BCUT2D eigenvalue weighted by Gasteiger charge is -2.52.